The molecule has 1 spiro atoms. The van der Waals surface area contributed by atoms with Crippen molar-refractivity contribution in [3.63, 3.8) is 0 Å². The first-order valence-corrected chi connectivity index (χ1v) is 13.3. The largest absolute Gasteiger partial charge is 0.370 e. The van der Waals surface area contributed by atoms with E-state index in [1.807, 2.05) is 4.90 Å². The number of aromatic nitrogens is 1. The summed E-state index contributed by atoms with van der Waals surface area (Å²) in [7, 11) is -4.49. The maximum Gasteiger partial charge on any atom is 0.267 e. The van der Waals surface area contributed by atoms with Gasteiger partial charge in [-0.25, -0.2) is 17.8 Å². The number of halogens is 4. The molecule has 1 aromatic heterocycles. The molecule has 0 bridgehead atoms. The van der Waals surface area contributed by atoms with E-state index in [9.17, 15) is 12.8 Å². The van der Waals surface area contributed by atoms with Crippen molar-refractivity contribution in [1.29, 1.82) is 0 Å². The van der Waals surface area contributed by atoms with Crippen LogP contribution in [0, 0.1) is 17.2 Å². The van der Waals surface area contributed by atoms with E-state index < -0.39 is 26.7 Å². The number of hydrogen-bond donors (Lipinski definition) is 1. The van der Waals surface area contributed by atoms with Gasteiger partial charge in [0.25, 0.3) is 10.0 Å². The molecule has 1 saturated carbocycles. The minimum Gasteiger partial charge on any atom is -0.370 e. The summed E-state index contributed by atoms with van der Waals surface area (Å²) in [6, 6.07) is 5.54. The Balaban J connectivity index is 1.41. The van der Waals surface area contributed by atoms with Crippen molar-refractivity contribution in [2.24, 2.45) is 5.41 Å². The molecule has 6 nitrogen and oxygen atoms in total. The van der Waals surface area contributed by atoms with Gasteiger partial charge in [-0.2, -0.15) is 4.39 Å². The molecule has 3 fully saturated rings. The molecule has 1 N–H and O–H groups in total. The van der Waals surface area contributed by atoms with Crippen LogP contribution < -0.4 is 9.62 Å². The van der Waals surface area contributed by atoms with Crippen LogP contribution in [0.3, 0.4) is 0 Å². The third-order valence-corrected chi connectivity index (χ3v) is 9.43. The van der Waals surface area contributed by atoms with Gasteiger partial charge in [0.1, 0.15) is 15.7 Å². The Kier molecular flexibility index (Phi) is 5.96. The summed E-state index contributed by atoms with van der Waals surface area (Å²) in [5, 5.41) is -0.581. The Morgan fingerprint density at radius 3 is 2.55 bits per heavy atom. The first kappa shape index (κ1) is 23.1. The second-order valence-electron chi connectivity index (χ2n) is 9.12. The van der Waals surface area contributed by atoms with Crippen molar-refractivity contribution in [2.45, 2.75) is 43.0 Å². The predicted octanol–water partition coefficient (Wildman–Crippen LogP) is 4.92. The second kappa shape index (κ2) is 8.52. The predicted molar refractivity (Wildman–Crippen MR) is 125 cm³/mol. The lowest BCUT2D eigenvalue weighted by atomic mass is 9.63. The van der Waals surface area contributed by atoms with Gasteiger partial charge in [-0.1, -0.05) is 29.3 Å². The van der Waals surface area contributed by atoms with Crippen LogP contribution in [-0.2, 0) is 10.0 Å². The zero-order valence-electron chi connectivity index (χ0n) is 17.8. The van der Waals surface area contributed by atoms with Gasteiger partial charge < -0.3 is 4.90 Å². The number of hydrogen-bond acceptors (Lipinski definition) is 5. The molecule has 2 atom stereocenters. The van der Waals surface area contributed by atoms with Gasteiger partial charge in [0, 0.05) is 24.5 Å². The standard InChI is InChI=1S/C22H24Cl2F2N4O2S/c23-14-12-15(30-11-8-22(13-30)7-6-16(22)29-9-1-2-10-29)19(24)20(26)21(14)33(31,32)28-18-5-3-4-17(25)27-18/h3-5,12,16H,1-2,6-11,13H2,(H,27,28)/t16-,22+/m1/s1. The normalized spacial score (nSPS) is 25.6. The number of anilines is 2. The third kappa shape index (κ3) is 4.07. The molecule has 5 rings (SSSR count). The van der Waals surface area contributed by atoms with Crippen molar-refractivity contribution in [3.05, 3.63) is 46.1 Å². The molecule has 178 valence electrons. The molecule has 33 heavy (non-hydrogen) atoms. The first-order chi connectivity index (χ1) is 15.7. The van der Waals surface area contributed by atoms with Crippen molar-refractivity contribution in [3.8, 4) is 0 Å². The minimum atomic E-state index is -4.49. The highest BCUT2D eigenvalue weighted by molar-refractivity contribution is 7.92. The summed E-state index contributed by atoms with van der Waals surface area (Å²) in [6.45, 7) is 3.71. The lowest BCUT2D eigenvalue weighted by Crippen LogP contribution is -2.55. The van der Waals surface area contributed by atoms with Crippen molar-refractivity contribution in [2.75, 3.05) is 35.8 Å². The van der Waals surface area contributed by atoms with E-state index in [0.29, 0.717) is 18.3 Å². The van der Waals surface area contributed by atoms with E-state index in [1.54, 1.807) is 0 Å². The fourth-order valence-electron chi connectivity index (χ4n) is 5.58. The summed E-state index contributed by atoms with van der Waals surface area (Å²) < 4.78 is 56.3. The first-order valence-electron chi connectivity index (χ1n) is 11.0. The van der Waals surface area contributed by atoms with Gasteiger partial charge in [-0.3, -0.25) is 9.62 Å². The fourth-order valence-corrected chi connectivity index (χ4v) is 7.54. The lowest BCUT2D eigenvalue weighted by Gasteiger charge is -2.51. The number of sulfonamides is 1. The number of rotatable bonds is 5. The molecular formula is C22H24Cl2F2N4O2S. The topological polar surface area (TPSA) is 65.5 Å². The van der Waals surface area contributed by atoms with Crippen LogP contribution >= 0.6 is 23.2 Å². The smallest absolute Gasteiger partial charge is 0.267 e. The second-order valence-corrected chi connectivity index (χ2v) is 11.5. The molecule has 2 saturated heterocycles. The van der Waals surface area contributed by atoms with Crippen LogP contribution in [0.15, 0.2) is 29.2 Å². The average Bonchev–Trinajstić information content (AvgIpc) is 3.41. The van der Waals surface area contributed by atoms with E-state index in [4.69, 9.17) is 23.2 Å². The number of benzene rings is 1. The minimum absolute atomic E-state index is 0.159. The maximum atomic E-state index is 15.3. The van der Waals surface area contributed by atoms with Gasteiger partial charge >= 0.3 is 0 Å². The van der Waals surface area contributed by atoms with Crippen molar-refractivity contribution in [1.82, 2.24) is 9.88 Å². The third-order valence-electron chi connectivity index (χ3n) is 7.25. The van der Waals surface area contributed by atoms with E-state index in [2.05, 4.69) is 14.6 Å². The molecule has 0 amide bonds. The van der Waals surface area contributed by atoms with E-state index >= 15 is 4.39 Å². The van der Waals surface area contributed by atoms with E-state index in [0.717, 1.165) is 38.5 Å². The molecule has 1 aliphatic carbocycles. The highest BCUT2D eigenvalue weighted by Crippen LogP contribution is 2.53. The summed E-state index contributed by atoms with van der Waals surface area (Å²) in [6.07, 6.45) is 5.75. The highest BCUT2D eigenvalue weighted by atomic mass is 35.5. The maximum absolute atomic E-state index is 15.3. The molecule has 1 aromatic carbocycles. The zero-order chi connectivity index (χ0) is 23.4. The van der Waals surface area contributed by atoms with E-state index in [-0.39, 0.29) is 21.3 Å². The Morgan fingerprint density at radius 2 is 1.88 bits per heavy atom. The van der Waals surface area contributed by atoms with Crippen LogP contribution in [0.5, 0.6) is 0 Å². The van der Waals surface area contributed by atoms with E-state index in [1.165, 1.54) is 37.5 Å². The highest BCUT2D eigenvalue weighted by Gasteiger charge is 2.53. The van der Waals surface area contributed by atoms with Crippen LogP contribution in [0.4, 0.5) is 20.3 Å². The Morgan fingerprint density at radius 1 is 1.12 bits per heavy atom. The summed E-state index contributed by atoms with van der Waals surface area (Å²) >= 11 is 12.6. The summed E-state index contributed by atoms with van der Waals surface area (Å²) in [5.74, 6) is -2.29. The Hall–Kier alpha value is -1.68. The molecule has 0 radical (unpaired) electrons. The average molecular weight is 517 g/mol. The molecule has 2 aliphatic heterocycles. The monoisotopic (exact) mass is 516 g/mol. The Labute approximate surface area is 201 Å². The number of pyridine rings is 1. The van der Waals surface area contributed by atoms with Gasteiger partial charge in [-0.15, -0.1) is 0 Å². The molecular weight excluding hydrogens is 493 g/mol. The quantitative estimate of drug-likeness (QED) is 0.451. The molecule has 2 aromatic rings. The Bertz CT molecular complexity index is 1190. The summed E-state index contributed by atoms with van der Waals surface area (Å²) in [5.41, 5.74) is 0.553. The van der Waals surface area contributed by atoms with Crippen molar-refractivity contribution < 1.29 is 17.2 Å². The van der Waals surface area contributed by atoms with Crippen LogP contribution in [0.2, 0.25) is 10.0 Å². The number of nitrogens with one attached hydrogen (secondary N) is 1. The SMILES string of the molecule is O=S(=O)(Nc1cccc(F)n1)c1c(Cl)cc(N2CC[C@@]3(CC[C@H]3N3CCCC3)C2)c(Cl)c1F. The molecule has 3 aliphatic rings. The number of likely N-dealkylation sites (tertiary alicyclic amines) is 1. The van der Waals surface area contributed by atoms with Crippen LogP contribution in [-0.4, -0.2) is 50.5 Å². The molecule has 0 unspecified atom stereocenters. The zero-order valence-corrected chi connectivity index (χ0v) is 20.2. The lowest BCUT2D eigenvalue weighted by molar-refractivity contribution is 0.00200. The van der Waals surface area contributed by atoms with Gasteiger partial charge in [0.05, 0.1) is 10.7 Å². The number of nitrogens with zero attached hydrogens (tertiary/aromatic N) is 3. The van der Waals surface area contributed by atoms with Gasteiger partial charge in [-0.05, 0) is 63.4 Å². The van der Waals surface area contributed by atoms with Crippen molar-refractivity contribution >= 4 is 44.7 Å². The van der Waals surface area contributed by atoms with Crippen LogP contribution in [0.1, 0.15) is 32.1 Å². The molecule has 11 heteroatoms. The van der Waals surface area contributed by atoms with Crippen LogP contribution in [0.25, 0.3) is 0 Å². The fraction of sp³-hybridized carbons (Fsp3) is 0.500. The van der Waals surface area contributed by atoms with Gasteiger partial charge in [0.2, 0.25) is 5.95 Å². The molecule has 3 heterocycles. The summed E-state index contributed by atoms with van der Waals surface area (Å²) in [4.78, 5) is 7.25. The van der Waals surface area contributed by atoms with Gasteiger partial charge in [0.15, 0.2) is 5.82 Å².